The Morgan fingerprint density at radius 3 is 2.38 bits per heavy atom. The lowest BCUT2D eigenvalue weighted by molar-refractivity contribution is 0.154. The average Bonchev–Trinajstić information content (AvgIpc) is 2.45. The first-order valence-electron chi connectivity index (χ1n) is 7.16. The maximum atomic E-state index is 9.32. The van der Waals surface area contributed by atoms with Gasteiger partial charge in [-0.1, -0.05) is 32.0 Å². The number of rotatable bonds is 4. The molecule has 1 aliphatic rings. The highest BCUT2D eigenvalue weighted by atomic mass is 35.5. The van der Waals surface area contributed by atoms with Gasteiger partial charge >= 0.3 is 0 Å². The summed E-state index contributed by atoms with van der Waals surface area (Å²) in [6, 6.07) is 10.8. The molecule has 21 heavy (non-hydrogen) atoms. The van der Waals surface area contributed by atoms with Crippen LogP contribution >= 0.6 is 24.8 Å². The van der Waals surface area contributed by atoms with Crippen LogP contribution in [0, 0.1) is 17.2 Å². The summed E-state index contributed by atoms with van der Waals surface area (Å²) in [7, 11) is 0. The molecule has 1 aromatic carbocycles. The first-order valence-corrected chi connectivity index (χ1v) is 7.16. The van der Waals surface area contributed by atoms with Crippen molar-refractivity contribution in [3.8, 4) is 6.07 Å². The Hall–Kier alpha value is -0.790. The molecule has 0 amide bonds. The number of hydrogen-bond acceptors (Lipinski definition) is 3. The topological polar surface area (TPSA) is 39.1 Å². The normalized spacial score (nSPS) is 16.5. The molecule has 0 radical (unpaired) electrons. The van der Waals surface area contributed by atoms with E-state index in [0.29, 0.717) is 12.0 Å². The molecule has 3 nitrogen and oxygen atoms in total. The maximum absolute atomic E-state index is 9.32. The second-order valence-corrected chi connectivity index (χ2v) is 5.63. The number of benzene rings is 1. The molecular weight excluding hydrogens is 305 g/mol. The summed E-state index contributed by atoms with van der Waals surface area (Å²) in [6.45, 7) is 8.73. The Morgan fingerprint density at radius 1 is 1.19 bits per heavy atom. The van der Waals surface area contributed by atoms with Crippen LogP contribution in [0.2, 0.25) is 0 Å². The van der Waals surface area contributed by atoms with Gasteiger partial charge in [0.15, 0.2) is 0 Å². The van der Waals surface area contributed by atoms with E-state index in [1.807, 2.05) is 18.2 Å². The fourth-order valence-corrected chi connectivity index (χ4v) is 2.80. The molecule has 1 aromatic rings. The highest BCUT2D eigenvalue weighted by molar-refractivity contribution is 5.85. The van der Waals surface area contributed by atoms with Crippen molar-refractivity contribution < 1.29 is 0 Å². The number of nitrogens with one attached hydrogen (secondary N) is 1. The second kappa shape index (κ2) is 10.0. The molecule has 1 atom stereocenters. The van der Waals surface area contributed by atoms with Crippen LogP contribution in [0.5, 0.6) is 0 Å². The molecule has 0 saturated carbocycles. The minimum Gasteiger partial charge on any atom is -0.314 e. The molecule has 1 N–H and O–H groups in total. The van der Waals surface area contributed by atoms with Crippen LogP contribution < -0.4 is 5.32 Å². The number of nitrogens with zero attached hydrogens (tertiary/aromatic N) is 2. The van der Waals surface area contributed by atoms with E-state index >= 15 is 0 Å². The van der Waals surface area contributed by atoms with Crippen LogP contribution in [0.3, 0.4) is 0 Å². The third-order valence-corrected chi connectivity index (χ3v) is 3.73. The van der Waals surface area contributed by atoms with E-state index in [4.69, 9.17) is 0 Å². The predicted octanol–water partition coefficient (Wildman–Crippen LogP) is 3.39. The molecule has 1 fully saturated rings. The highest BCUT2D eigenvalue weighted by Gasteiger charge is 2.24. The van der Waals surface area contributed by atoms with Gasteiger partial charge in [0, 0.05) is 32.2 Å². The Bertz CT molecular complexity index is 451. The fraction of sp³-hybridized carbons (Fsp3) is 0.562. The van der Waals surface area contributed by atoms with Crippen molar-refractivity contribution in [2.75, 3.05) is 26.2 Å². The minimum atomic E-state index is 0. The first kappa shape index (κ1) is 20.2. The van der Waals surface area contributed by atoms with Gasteiger partial charge < -0.3 is 5.32 Å². The Morgan fingerprint density at radius 2 is 1.81 bits per heavy atom. The number of piperazine rings is 1. The monoisotopic (exact) mass is 329 g/mol. The van der Waals surface area contributed by atoms with Gasteiger partial charge in [-0.05, 0) is 24.0 Å². The van der Waals surface area contributed by atoms with E-state index in [-0.39, 0.29) is 24.8 Å². The van der Waals surface area contributed by atoms with Crippen molar-refractivity contribution >= 4 is 24.8 Å². The molecule has 1 aliphatic heterocycles. The molecule has 0 aliphatic carbocycles. The van der Waals surface area contributed by atoms with Gasteiger partial charge in [0.05, 0.1) is 11.6 Å². The standard InChI is InChI=1S/C16H23N3.2ClH/c1-13(2)11-16(19-9-7-18-8-10-19)15-6-4-3-5-14(15)12-17;;/h3-6,13,16,18H,7-11H2,1-2H3;2*1H/t16-;;/m1../s1. The van der Waals surface area contributed by atoms with E-state index < -0.39 is 0 Å². The van der Waals surface area contributed by atoms with Crippen LogP contribution in [0.15, 0.2) is 24.3 Å². The van der Waals surface area contributed by atoms with Crippen molar-refractivity contribution in [1.82, 2.24) is 10.2 Å². The Labute approximate surface area is 140 Å². The maximum Gasteiger partial charge on any atom is 0.0995 e. The molecule has 5 heteroatoms. The van der Waals surface area contributed by atoms with Crippen molar-refractivity contribution in [3.63, 3.8) is 0 Å². The quantitative estimate of drug-likeness (QED) is 0.920. The molecular formula is C16H25Cl2N3. The van der Waals surface area contributed by atoms with Crippen molar-refractivity contribution in [3.05, 3.63) is 35.4 Å². The van der Waals surface area contributed by atoms with Crippen LogP contribution in [-0.2, 0) is 0 Å². The average molecular weight is 330 g/mol. The number of halogens is 2. The fourth-order valence-electron chi connectivity index (χ4n) is 2.80. The molecule has 0 unspecified atom stereocenters. The third-order valence-electron chi connectivity index (χ3n) is 3.73. The summed E-state index contributed by atoms with van der Waals surface area (Å²) >= 11 is 0. The molecule has 1 saturated heterocycles. The van der Waals surface area contributed by atoms with Crippen LogP contribution in [0.1, 0.15) is 37.4 Å². The zero-order valence-corrected chi connectivity index (χ0v) is 14.3. The minimum absolute atomic E-state index is 0. The van der Waals surface area contributed by atoms with Crippen molar-refractivity contribution in [2.45, 2.75) is 26.3 Å². The van der Waals surface area contributed by atoms with E-state index in [1.54, 1.807) is 0 Å². The van der Waals surface area contributed by atoms with Crippen LogP contribution in [-0.4, -0.2) is 31.1 Å². The zero-order valence-electron chi connectivity index (χ0n) is 12.7. The SMILES string of the molecule is CC(C)C[C@H](c1ccccc1C#N)N1CCNCC1.Cl.Cl. The summed E-state index contributed by atoms with van der Waals surface area (Å²) < 4.78 is 0. The predicted molar refractivity (Wildman–Crippen MR) is 92.3 cm³/mol. The lowest BCUT2D eigenvalue weighted by Gasteiger charge is -2.36. The van der Waals surface area contributed by atoms with E-state index in [9.17, 15) is 5.26 Å². The highest BCUT2D eigenvalue weighted by Crippen LogP contribution is 2.30. The van der Waals surface area contributed by atoms with Crippen LogP contribution in [0.4, 0.5) is 0 Å². The summed E-state index contributed by atoms with van der Waals surface area (Å²) in [5, 5.41) is 12.7. The summed E-state index contributed by atoms with van der Waals surface area (Å²) in [6.07, 6.45) is 1.11. The molecule has 118 valence electrons. The van der Waals surface area contributed by atoms with Gasteiger partial charge in [-0.15, -0.1) is 24.8 Å². The van der Waals surface area contributed by atoms with Crippen LogP contribution in [0.25, 0.3) is 0 Å². The molecule has 0 aromatic heterocycles. The molecule has 0 spiro atoms. The Balaban J connectivity index is 0.00000200. The zero-order chi connectivity index (χ0) is 13.7. The van der Waals surface area contributed by atoms with Gasteiger partial charge in [-0.2, -0.15) is 5.26 Å². The number of hydrogen-bond donors (Lipinski definition) is 1. The largest absolute Gasteiger partial charge is 0.314 e. The molecule has 2 rings (SSSR count). The van der Waals surface area contributed by atoms with Gasteiger partial charge in [0.25, 0.3) is 0 Å². The lowest BCUT2D eigenvalue weighted by Crippen LogP contribution is -2.45. The van der Waals surface area contributed by atoms with E-state index in [1.165, 1.54) is 5.56 Å². The van der Waals surface area contributed by atoms with Crippen molar-refractivity contribution in [1.29, 1.82) is 5.26 Å². The summed E-state index contributed by atoms with van der Waals surface area (Å²) in [5.74, 6) is 0.631. The number of nitriles is 1. The summed E-state index contributed by atoms with van der Waals surface area (Å²) in [4.78, 5) is 2.52. The van der Waals surface area contributed by atoms with E-state index in [2.05, 4.69) is 36.2 Å². The first-order chi connectivity index (χ1) is 9.22. The Kier molecular flexibility index (Phi) is 9.65. The van der Waals surface area contributed by atoms with Gasteiger partial charge in [0.1, 0.15) is 0 Å². The van der Waals surface area contributed by atoms with Gasteiger partial charge in [0.2, 0.25) is 0 Å². The second-order valence-electron chi connectivity index (χ2n) is 5.63. The van der Waals surface area contributed by atoms with Crippen molar-refractivity contribution in [2.24, 2.45) is 5.92 Å². The van der Waals surface area contributed by atoms with E-state index in [0.717, 1.165) is 38.2 Å². The third kappa shape index (κ3) is 5.48. The smallest absolute Gasteiger partial charge is 0.0995 e. The van der Waals surface area contributed by atoms with Gasteiger partial charge in [-0.3, -0.25) is 4.90 Å². The summed E-state index contributed by atoms with van der Waals surface area (Å²) in [5.41, 5.74) is 2.02. The molecule has 1 heterocycles. The lowest BCUT2D eigenvalue weighted by atomic mass is 9.92. The van der Waals surface area contributed by atoms with Gasteiger partial charge in [-0.25, -0.2) is 0 Å². The molecule has 0 bridgehead atoms.